The molecule has 0 radical (unpaired) electrons. The number of anilines is 1. The SMILES string of the molecule is COC(=O)c1c(NC(=O)C(C)Cn2nc(C)c(Br)c2C)sc(C(N)=O)c1C. The Hall–Kier alpha value is -2.20. The molecule has 2 rings (SSSR count). The van der Waals surface area contributed by atoms with E-state index in [1.54, 1.807) is 18.5 Å². The highest BCUT2D eigenvalue weighted by Crippen LogP contribution is 2.33. The number of aryl methyl sites for hydroxylation is 1. The molecule has 146 valence electrons. The van der Waals surface area contributed by atoms with Crippen LogP contribution in [0.3, 0.4) is 0 Å². The van der Waals surface area contributed by atoms with Gasteiger partial charge in [-0.25, -0.2) is 4.79 Å². The van der Waals surface area contributed by atoms with E-state index < -0.39 is 17.8 Å². The van der Waals surface area contributed by atoms with Gasteiger partial charge in [-0.2, -0.15) is 5.10 Å². The van der Waals surface area contributed by atoms with E-state index >= 15 is 0 Å². The Bertz CT molecular complexity index is 919. The highest BCUT2D eigenvalue weighted by Gasteiger charge is 2.26. The molecular weight excluding hydrogens is 436 g/mol. The van der Waals surface area contributed by atoms with Gasteiger partial charge in [0.1, 0.15) is 5.00 Å². The molecule has 3 N–H and O–H groups in total. The van der Waals surface area contributed by atoms with Crippen molar-refractivity contribution in [1.82, 2.24) is 9.78 Å². The normalized spacial score (nSPS) is 11.9. The molecule has 2 amide bonds. The van der Waals surface area contributed by atoms with Crippen LogP contribution in [0.5, 0.6) is 0 Å². The first-order valence-corrected chi connectivity index (χ1v) is 9.71. The van der Waals surface area contributed by atoms with Gasteiger partial charge in [-0.1, -0.05) is 6.92 Å². The van der Waals surface area contributed by atoms with Crippen molar-refractivity contribution in [2.24, 2.45) is 11.7 Å². The Kier molecular flexibility index (Phi) is 6.42. The molecule has 0 aliphatic rings. The second-order valence-corrected chi connectivity index (χ2v) is 7.99. The molecule has 2 heterocycles. The molecule has 10 heteroatoms. The number of carbonyl (C=O) groups is 3. The van der Waals surface area contributed by atoms with E-state index in [0.717, 1.165) is 27.2 Å². The van der Waals surface area contributed by atoms with Crippen LogP contribution in [0.2, 0.25) is 0 Å². The second-order valence-electron chi connectivity index (χ2n) is 6.17. The minimum absolute atomic E-state index is 0.144. The van der Waals surface area contributed by atoms with Gasteiger partial charge in [-0.3, -0.25) is 14.3 Å². The number of nitrogens with one attached hydrogen (secondary N) is 1. The Morgan fingerprint density at radius 3 is 2.44 bits per heavy atom. The first kappa shape index (κ1) is 21.1. The average Bonchev–Trinajstić information content (AvgIpc) is 3.06. The zero-order valence-electron chi connectivity index (χ0n) is 15.7. The molecule has 2 aromatic heterocycles. The number of amides is 2. The van der Waals surface area contributed by atoms with Crippen molar-refractivity contribution >= 4 is 50.1 Å². The maximum atomic E-state index is 12.6. The molecule has 1 atom stereocenters. The van der Waals surface area contributed by atoms with Gasteiger partial charge in [0.25, 0.3) is 5.91 Å². The smallest absolute Gasteiger partial charge is 0.341 e. The summed E-state index contributed by atoms with van der Waals surface area (Å²) in [5.74, 6) is -2.04. The molecule has 8 nitrogen and oxygen atoms in total. The number of aromatic nitrogens is 2. The molecule has 27 heavy (non-hydrogen) atoms. The Labute approximate surface area is 169 Å². The fraction of sp³-hybridized carbons (Fsp3) is 0.412. The number of hydrogen-bond donors (Lipinski definition) is 2. The monoisotopic (exact) mass is 456 g/mol. The van der Waals surface area contributed by atoms with Crippen LogP contribution in [-0.4, -0.2) is 34.7 Å². The lowest BCUT2D eigenvalue weighted by atomic mass is 10.1. The number of nitrogens with zero attached hydrogens (tertiary/aromatic N) is 2. The molecule has 1 unspecified atom stereocenters. The highest BCUT2D eigenvalue weighted by atomic mass is 79.9. The third-order valence-electron chi connectivity index (χ3n) is 4.18. The number of thiophene rings is 1. The molecule has 2 aromatic rings. The number of methoxy groups -OCH3 is 1. The molecule has 0 aromatic carbocycles. The van der Waals surface area contributed by atoms with Gasteiger partial charge in [0.2, 0.25) is 5.91 Å². The highest BCUT2D eigenvalue weighted by molar-refractivity contribution is 9.10. The zero-order chi connectivity index (χ0) is 20.5. The minimum Gasteiger partial charge on any atom is -0.465 e. The lowest BCUT2D eigenvalue weighted by molar-refractivity contribution is -0.119. The largest absolute Gasteiger partial charge is 0.465 e. The van der Waals surface area contributed by atoms with E-state index in [4.69, 9.17) is 10.5 Å². The van der Waals surface area contributed by atoms with Gasteiger partial charge in [0.05, 0.1) is 40.2 Å². The number of esters is 1. The number of hydrogen-bond acceptors (Lipinski definition) is 6. The van der Waals surface area contributed by atoms with E-state index in [2.05, 4.69) is 26.3 Å². The topological polar surface area (TPSA) is 116 Å². The predicted octanol–water partition coefficient (Wildman–Crippen LogP) is 2.79. The average molecular weight is 457 g/mol. The molecule has 0 saturated carbocycles. The van der Waals surface area contributed by atoms with Crippen LogP contribution in [0, 0.1) is 26.7 Å². The van der Waals surface area contributed by atoms with Gasteiger partial charge in [-0.05, 0) is 42.3 Å². The summed E-state index contributed by atoms with van der Waals surface area (Å²) in [7, 11) is 1.23. The summed E-state index contributed by atoms with van der Waals surface area (Å²) < 4.78 is 7.42. The summed E-state index contributed by atoms with van der Waals surface area (Å²) >= 11 is 4.42. The molecule has 0 saturated heterocycles. The lowest BCUT2D eigenvalue weighted by Crippen LogP contribution is -2.25. The number of nitrogens with two attached hydrogens (primary N) is 1. The number of carbonyl (C=O) groups excluding carboxylic acids is 3. The van der Waals surface area contributed by atoms with Crippen LogP contribution in [0.1, 0.15) is 43.9 Å². The first-order valence-electron chi connectivity index (χ1n) is 8.10. The standard InChI is InChI=1S/C17H21BrN4O4S/c1-7(6-22-10(4)12(18)9(3)21-22)15(24)20-16-11(17(25)26-5)8(2)13(27-16)14(19)23/h7H,6H2,1-5H3,(H2,19,23)(H,20,24). The Morgan fingerprint density at radius 2 is 1.96 bits per heavy atom. The van der Waals surface area contributed by atoms with Crippen molar-refractivity contribution < 1.29 is 19.1 Å². The summed E-state index contributed by atoms with van der Waals surface area (Å²) in [6.45, 7) is 7.50. The minimum atomic E-state index is -0.663. The van der Waals surface area contributed by atoms with E-state index in [1.165, 1.54) is 7.11 Å². The van der Waals surface area contributed by atoms with Crippen molar-refractivity contribution in [3.05, 3.63) is 31.9 Å². The van der Waals surface area contributed by atoms with Gasteiger partial charge < -0.3 is 15.8 Å². The summed E-state index contributed by atoms with van der Waals surface area (Å²) in [5, 5.41) is 7.37. The number of rotatable bonds is 6. The fourth-order valence-corrected chi connectivity index (χ4v) is 3.95. The molecule has 0 bridgehead atoms. The van der Waals surface area contributed by atoms with Crippen LogP contribution in [-0.2, 0) is 16.1 Å². The van der Waals surface area contributed by atoms with Gasteiger partial charge in [-0.15, -0.1) is 11.3 Å². The third-order valence-corrected chi connectivity index (χ3v) is 6.55. The van der Waals surface area contributed by atoms with Crippen molar-refractivity contribution in [2.75, 3.05) is 12.4 Å². The lowest BCUT2D eigenvalue weighted by Gasteiger charge is -2.13. The third kappa shape index (κ3) is 4.22. The van der Waals surface area contributed by atoms with Gasteiger partial charge in [0.15, 0.2) is 0 Å². The van der Waals surface area contributed by atoms with Crippen LogP contribution in [0.4, 0.5) is 5.00 Å². The van der Waals surface area contributed by atoms with Crippen LogP contribution >= 0.6 is 27.3 Å². The van der Waals surface area contributed by atoms with Gasteiger partial charge in [0, 0.05) is 5.69 Å². The second kappa shape index (κ2) is 8.22. The van der Waals surface area contributed by atoms with Crippen molar-refractivity contribution in [2.45, 2.75) is 34.2 Å². The summed E-state index contributed by atoms with van der Waals surface area (Å²) in [6, 6.07) is 0. The number of ether oxygens (including phenoxy) is 1. The molecule has 0 fully saturated rings. The van der Waals surface area contributed by atoms with Crippen LogP contribution < -0.4 is 11.1 Å². The van der Waals surface area contributed by atoms with Crippen LogP contribution in [0.15, 0.2) is 4.47 Å². The number of halogens is 1. The fourth-order valence-electron chi connectivity index (χ4n) is 2.61. The van der Waals surface area contributed by atoms with Crippen molar-refractivity contribution in [3.8, 4) is 0 Å². The van der Waals surface area contributed by atoms with E-state index in [-0.39, 0.29) is 21.3 Å². The van der Waals surface area contributed by atoms with E-state index in [1.807, 2.05) is 13.8 Å². The molecule has 0 aliphatic heterocycles. The maximum absolute atomic E-state index is 12.6. The molecular formula is C17H21BrN4O4S. The van der Waals surface area contributed by atoms with Crippen molar-refractivity contribution in [1.29, 1.82) is 0 Å². The maximum Gasteiger partial charge on any atom is 0.341 e. The zero-order valence-corrected chi connectivity index (χ0v) is 18.1. The predicted molar refractivity (Wildman–Crippen MR) is 106 cm³/mol. The number of primary amides is 1. The summed E-state index contributed by atoms with van der Waals surface area (Å²) in [5.41, 5.74) is 7.65. The molecule has 0 spiro atoms. The summed E-state index contributed by atoms with van der Waals surface area (Å²) in [4.78, 5) is 36.5. The van der Waals surface area contributed by atoms with Gasteiger partial charge >= 0.3 is 5.97 Å². The first-order chi connectivity index (χ1) is 12.6. The quantitative estimate of drug-likeness (QED) is 0.648. The van der Waals surface area contributed by atoms with Crippen LogP contribution in [0.25, 0.3) is 0 Å². The van der Waals surface area contributed by atoms with E-state index in [0.29, 0.717) is 12.1 Å². The summed E-state index contributed by atoms with van der Waals surface area (Å²) in [6.07, 6.45) is 0. The Morgan fingerprint density at radius 1 is 1.33 bits per heavy atom. The van der Waals surface area contributed by atoms with Crippen molar-refractivity contribution in [3.63, 3.8) is 0 Å². The molecule has 0 aliphatic carbocycles. The van der Waals surface area contributed by atoms with E-state index in [9.17, 15) is 14.4 Å². The Balaban J connectivity index is 2.26.